The Morgan fingerprint density at radius 1 is 1.29 bits per heavy atom. The number of para-hydroxylation sites is 1. The average molecular weight is 233 g/mol. The Kier molecular flexibility index (Phi) is 2.55. The van der Waals surface area contributed by atoms with Gasteiger partial charge in [0, 0.05) is 7.05 Å². The quantitative estimate of drug-likeness (QED) is 0.735. The van der Waals surface area contributed by atoms with E-state index in [1.54, 1.807) is 31.3 Å². The van der Waals surface area contributed by atoms with Crippen LogP contribution in [0.2, 0.25) is 0 Å². The van der Waals surface area contributed by atoms with Gasteiger partial charge in [-0.2, -0.15) is 0 Å². The Morgan fingerprint density at radius 2 is 1.94 bits per heavy atom. The number of fused-ring (bicyclic) bond motifs is 1. The molecule has 1 aromatic carbocycles. The predicted octanol–water partition coefficient (Wildman–Crippen LogP) is -0.814. The highest BCUT2D eigenvalue weighted by Crippen LogP contribution is 2.05. The maximum Gasteiger partial charge on any atom is 0.331 e. The lowest BCUT2D eigenvalue weighted by Gasteiger charge is -2.08. The van der Waals surface area contributed by atoms with E-state index < -0.39 is 23.7 Å². The molecule has 6 nitrogen and oxygen atoms in total. The van der Waals surface area contributed by atoms with Crippen LogP contribution in [0.15, 0.2) is 33.9 Å². The normalized spacial score (nSPS) is 10.6. The van der Waals surface area contributed by atoms with Gasteiger partial charge >= 0.3 is 5.69 Å². The van der Waals surface area contributed by atoms with Crippen LogP contribution in [-0.2, 0) is 18.4 Å². The second-order valence-corrected chi connectivity index (χ2v) is 3.72. The number of carbonyl (C=O) groups excluding carboxylic acids is 1. The van der Waals surface area contributed by atoms with Gasteiger partial charge in [0.1, 0.15) is 6.54 Å². The fraction of sp³-hybridized carbons (Fsp3) is 0.182. The van der Waals surface area contributed by atoms with Crippen LogP contribution in [0, 0.1) is 0 Å². The van der Waals surface area contributed by atoms with Crippen LogP contribution in [0.25, 0.3) is 10.9 Å². The average Bonchev–Trinajstić information content (AvgIpc) is 2.31. The molecule has 0 aliphatic rings. The molecule has 2 N–H and O–H groups in total. The lowest BCUT2D eigenvalue weighted by molar-refractivity contribution is -0.118. The molecule has 0 saturated carbocycles. The summed E-state index contributed by atoms with van der Waals surface area (Å²) in [5, 5.41) is 0.385. The van der Waals surface area contributed by atoms with E-state index in [2.05, 4.69) is 0 Å². The topological polar surface area (TPSA) is 87.1 Å². The molecule has 1 heterocycles. The van der Waals surface area contributed by atoms with Gasteiger partial charge in [0.05, 0.1) is 10.9 Å². The van der Waals surface area contributed by atoms with Gasteiger partial charge < -0.3 is 5.73 Å². The number of benzene rings is 1. The zero-order valence-electron chi connectivity index (χ0n) is 9.21. The van der Waals surface area contributed by atoms with Crippen molar-refractivity contribution in [3.05, 3.63) is 45.1 Å². The van der Waals surface area contributed by atoms with Gasteiger partial charge in [-0.05, 0) is 12.1 Å². The third-order valence-corrected chi connectivity index (χ3v) is 2.57. The molecule has 0 radical (unpaired) electrons. The van der Waals surface area contributed by atoms with Crippen molar-refractivity contribution < 1.29 is 4.79 Å². The first-order valence-electron chi connectivity index (χ1n) is 4.99. The number of carbonyl (C=O) groups is 1. The summed E-state index contributed by atoms with van der Waals surface area (Å²) in [6.45, 7) is -0.406. The minimum atomic E-state index is -0.723. The molecule has 0 unspecified atom stereocenters. The van der Waals surface area contributed by atoms with Crippen molar-refractivity contribution in [3.63, 3.8) is 0 Å². The van der Waals surface area contributed by atoms with Crippen LogP contribution in [0.4, 0.5) is 0 Å². The first-order valence-corrected chi connectivity index (χ1v) is 4.99. The smallest absolute Gasteiger partial charge is 0.331 e. The van der Waals surface area contributed by atoms with Crippen molar-refractivity contribution in [1.82, 2.24) is 9.13 Å². The minimum Gasteiger partial charge on any atom is -0.368 e. The van der Waals surface area contributed by atoms with Crippen molar-refractivity contribution in [2.75, 3.05) is 0 Å². The number of nitrogens with two attached hydrogens (primary N) is 1. The Bertz CT molecular complexity index is 712. The molecule has 0 atom stereocenters. The van der Waals surface area contributed by atoms with Crippen LogP contribution in [0.5, 0.6) is 0 Å². The van der Waals surface area contributed by atoms with E-state index >= 15 is 0 Å². The molecule has 0 bridgehead atoms. The van der Waals surface area contributed by atoms with E-state index in [0.29, 0.717) is 10.9 Å². The Hall–Kier alpha value is -2.37. The van der Waals surface area contributed by atoms with Crippen molar-refractivity contribution >= 4 is 16.8 Å². The fourth-order valence-corrected chi connectivity index (χ4v) is 1.76. The third kappa shape index (κ3) is 1.73. The second-order valence-electron chi connectivity index (χ2n) is 3.72. The summed E-state index contributed by atoms with van der Waals surface area (Å²) in [7, 11) is 1.54. The number of rotatable bonds is 2. The monoisotopic (exact) mass is 233 g/mol. The van der Waals surface area contributed by atoms with Gasteiger partial charge in [0.25, 0.3) is 5.56 Å². The number of primary amides is 1. The summed E-state index contributed by atoms with van der Waals surface area (Å²) in [5.74, 6) is -0.723. The minimum absolute atomic E-state index is 0.385. The summed E-state index contributed by atoms with van der Waals surface area (Å²) < 4.78 is 2.16. The van der Waals surface area contributed by atoms with Crippen LogP contribution in [-0.4, -0.2) is 15.0 Å². The fourth-order valence-electron chi connectivity index (χ4n) is 1.76. The summed E-state index contributed by atoms with van der Waals surface area (Å²) in [5.41, 5.74) is 4.49. The lowest BCUT2D eigenvalue weighted by atomic mass is 10.2. The van der Waals surface area contributed by atoms with Crippen molar-refractivity contribution in [2.24, 2.45) is 12.8 Å². The van der Waals surface area contributed by atoms with Crippen LogP contribution >= 0.6 is 0 Å². The van der Waals surface area contributed by atoms with Gasteiger partial charge in [-0.15, -0.1) is 0 Å². The van der Waals surface area contributed by atoms with Gasteiger partial charge in [0.15, 0.2) is 0 Å². The molecule has 0 fully saturated rings. The zero-order valence-corrected chi connectivity index (χ0v) is 9.21. The maximum absolute atomic E-state index is 12.0. The van der Waals surface area contributed by atoms with Gasteiger partial charge in [0.2, 0.25) is 5.91 Å². The Balaban J connectivity index is 2.92. The van der Waals surface area contributed by atoms with E-state index in [1.807, 2.05) is 0 Å². The SMILES string of the molecule is Cn1c(=O)n(CC(N)=O)c(=O)c2ccccc21. The van der Waals surface area contributed by atoms with Crippen LogP contribution in [0.1, 0.15) is 0 Å². The zero-order chi connectivity index (χ0) is 12.6. The second kappa shape index (κ2) is 3.89. The number of hydrogen-bond acceptors (Lipinski definition) is 3. The van der Waals surface area contributed by atoms with Crippen LogP contribution in [0.3, 0.4) is 0 Å². The molecule has 2 aromatic rings. The van der Waals surface area contributed by atoms with E-state index in [9.17, 15) is 14.4 Å². The van der Waals surface area contributed by atoms with E-state index in [1.165, 1.54) is 4.57 Å². The molecule has 6 heteroatoms. The number of aryl methyl sites for hydroxylation is 1. The molecule has 17 heavy (non-hydrogen) atoms. The van der Waals surface area contributed by atoms with Gasteiger partial charge in [-0.3, -0.25) is 18.7 Å². The first-order chi connectivity index (χ1) is 8.02. The molecule has 0 spiro atoms. The van der Waals surface area contributed by atoms with E-state index in [4.69, 9.17) is 5.73 Å². The van der Waals surface area contributed by atoms with Crippen LogP contribution < -0.4 is 17.0 Å². The number of nitrogens with zero attached hydrogens (tertiary/aromatic N) is 2. The Labute approximate surface area is 95.9 Å². The van der Waals surface area contributed by atoms with Crippen molar-refractivity contribution in [2.45, 2.75) is 6.54 Å². The largest absolute Gasteiger partial charge is 0.368 e. The maximum atomic E-state index is 12.0. The number of aromatic nitrogens is 2. The standard InChI is InChI=1S/C11H11N3O3/c1-13-8-5-3-2-4-7(8)10(16)14(11(13)17)6-9(12)15/h2-5H,6H2,1H3,(H2,12,15). The van der Waals surface area contributed by atoms with Crippen molar-refractivity contribution in [3.8, 4) is 0 Å². The predicted molar refractivity (Wildman–Crippen MR) is 62.6 cm³/mol. The van der Waals surface area contributed by atoms with Crippen molar-refractivity contribution in [1.29, 1.82) is 0 Å². The summed E-state index contributed by atoms with van der Waals surface area (Å²) in [4.78, 5) is 34.7. The Morgan fingerprint density at radius 3 is 2.59 bits per heavy atom. The summed E-state index contributed by atoms with van der Waals surface area (Å²) in [6.07, 6.45) is 0. The molecule has 2 rings (SSSR count). The lowest BCUT2D eigenvalue weighted by Crippen LogP contribution is -2.42. The van der Waals surface area contributed by atoms with E-state index in [0.717, 1.165) is 4.57 Å². The highest BCUT2D eigenvalue weighted by Gasteiger charge is 2.11. The summed E-state index contributed by atoms with van der Waals surface area (Å²) in [6, 6.07) is 6.71. The first kappa shape index (κ1) is 11.1. The molecule has 1 aromatic heterocycles. The number of amides is 1. The highest BCUT2D eigenvalue weighted by atomic mass is 16.2. The molecule has 1 amide bonds. The van der Waals surface area contributed by atoms with Gasteiger partial charge in [-0.1, -0.05) is 12.1 Å². The molecular formula is C11H11N3O3. The van der Waals surface area contributed by atoms with E-state index in [-0.39, 0.29) is 0 Å². The molecular weight excluding hydrogens is 222 g/mol. The number of hydrogen-bond donors (Lipinski definition) is 1. The highest BCUT2D eigenvalue weighted by molar-refractivity contribution is 5.78. The molecule has 0 saturated heterocycles. The van der Waals surface area contributed by atoms with Gasteiger partial charge in [-0.25, -0.2) is 4.79 Å². The third-order valence-electron chi connectivity index (χ3n) is 2.57. The molecule has 0 aliphatic carbocycles. The molecule has 88 valence electrons. The molecule has 0 aliphatic heterocycles. The summed E-state index contributed by atoms with van der Waals surface area (Å²) >= 11 is 0.